The van der Waals surface area contributed by atoms with Crippen LogP contribution >= 0.6 is 0 Å². The summed E-state index contributed by atoms with van der Waals surface area (Å²) >= 11 is 0. The fourth-order valence-electron chi connectivity index (χ4n) is 8.04. The summed E-state index contributed by atoms with van der Waals surface area (Å²) in [6.07, 6.45) is 13.9. The topological polar surface area (TPSA) is 43.3 Å². The van der Waals surface area contributed by atoms with Crippen LogP contribution in [0.1, 0.15) is 91.9 Å². The van der Waals surface area contributed by atoms with Crippen LogP contribution in [0.4, 0.5) is 0 Å². The molecule has 1 unspecified atom stereocenters. The van der Waals surface area contributed by atoms with E-state index in [1.54, 1.807) is 14.2 Å². The number of likely N-dealkylation sites (tertiary alicyclic amines) is 1. The first-order valence-electron chi connectivity index (χ1n) is 15.1. The molecule has 37 heavy (non-hydrogen) atoms. The van der Waals surface area contributed by atoms with E-state index in [0.717, 1.165) is 54.2 Å². The number of nitrogens with zero attached hydrogens (tertiary/aromatic N) is 2. The smallest absolute Gasteiger partial charge is 0.160 e. The SMILES string of the molecule is CC.CC.CN1CCC2CC/C(=N\OCC34CC5CC(CC(C5)C3)C4)C[C@@H]21.COc1ccccc1OC. The van der Waals surface area contributed by atoms with Crippen molar-refractivity contribution in [3.8, 4) is 11.5 Å². The highest BCUT2D eigenvalue weighted by Gasteiger charge is 2.51. The molecule has 1 aromatic rings. The van der Waals surface area contributed by atoms with Crippen molar-refractivity contribution in [1.82, 2.24) is 4.90 Å². The van der Waals surface area contributed by atoms with Crippen LogP contribution in [-0.2, 0) is 4.84 Å². The summed E-state index contributed by atoms with van der Waals surface area (Å²) in [5.41, 5.74) is 1.84. The molecule has 1 saturated heterocycles. The van der Waals surface area contributed by atoms with Crippen LogP contribution in [0.2, 0.25) is 0 Å². The molecule has 2 atom stereocenters. The highest BCUT2D eigenvalue weighted by molar-refractivity contribution is 5.85. The maximum Gasteiger partial charge on any atom is 0.160 e. The lowest BCUT2D eigenvalue weighted by Gasteiger charge is -2.56. The predicted molar refractivity (Wildman–Crippen MR) is 155 cm³/mol. The van der Waals surface area contributed by atoms with Gasteiger partial charge in [0, 0.05) is 17.9 Å². The van der Waals surface area contributed by atoms with Gasteiger partial charge in [0.2, 0.25) is 0 Å². The molecule has 5 nitrogen and oxygen atoms in total. The van der Waals surface area contributed by atoms with E-state index in [2.05, 4.69) is 17.1 Å². The number of hydrogen-bond donors (Lipinski definition) is 0. The number of methoxy groups -OCH3 is 2. The molecule has 210 valence electrons. The zero-order valence-electron chi connectivity index (χ0n) is 24.8. The number of para-hydroxylation sites is 2. The van der Waals surface area contributed by atoms with E-state index >= 15 is 0 Å². The van der Waals surface area contributed by atoms with Crippen molar-refractivity contribution in [2.45, 2.75) is 97.9 Å². The maximum atomic E-state index is 6.01. The first kappa shape index (κ1) is 29.8. The normalized spacial score (nSPS) is 34.1. The third-order valence-electron chi connectivity index (χ3n) is 9.23. The van der Waals surface area contributed by atoms with E-state index in [4.69, 9.17) is 14.3 Å². The quantitative estimate of drug-likeness (QED) is 0.375. The van der Waals surface area contributed by atoms with Crippen LogP contribution in [0.5, 0.6) is 11.5 Å². The monoisotopic (exact) mass is 514 g/mol. The van der Waals surface area contributed by atoms with Gasteiger partial charge in [0.25, 0.3) is 0 Å². The van der Waals surface area contributed by atoms with Crippen molar-refractivity contribution in [3.05, 3.63) is 24.3 Å². The second-order valence-electron chi connectivity index (χ2n) is 11.5. The van der Waals surface area contributed by atoms with Crippen LogP contribution in [0, 0.1) is 29.1 Å². The van der Waals surface area contributed by atoms with Gasteiger partial charge >= 0.3 is 0 Å². The minimum absolute atomic E-state index is 0.500. The molecule has 0 aromatic heterocycles. The first-order valence-corrected chi connectivity index (χ1v) is 15.1. The number of oxime groups is 1. The Hall–Kier alpha value is -1.75. The van der Waals surface area contributed by atoms with Crippen molar-refractivity contribution in [3.63, 3.8) is 0 Å². The average molecular weight is 515 g/mol. The van der Waals surface area contributed by atoms with E-state index in [9.17, 15) is 0 Å². The Morgan fingerprint density at radius 1 is 0.865 bits per heavy atom. The number of ether oxygens (including phenoxy) is 2. The molecular formula is C32H54N2O3. The van der Waals surface area contributed by atoms with Gasteiger partial charge in [-0.1, -0.05) is 45.0 Å². The second kappa shape index (κ2) is 14.4. The molecule has 1 heterocycles. The van der Waals surface area contributed by atoms with Gasteiger partial charge in [-0.05, 0) is 107 Å². The third-order valence-corrected chi connectivity index (χ3v) is 9.23. The second-order valence-corrected chi connectivity index (χ2v) is 11.5. The van der Waals surface area contributed by atoms with E-state index in [-0.39, 0.29) is 0 Å². The Morgan fingerprint density at radius 2 is 1.41 bits per heavy atom. The fourth-order valence-corrected chi connectivity index (χ4v) is 8.04. The molecule has 0 N–H and O–H groups in total. The lowest BCUT2D eigenvalue weighted by Crippen LogP contribution is -2.48. The third kappa shape index (κ3) is 7.43. The number of benzene rings is 1. The van der Waals surface area contributed by atoms with E-state index in [0.29, 0.717) is 5.41 Å². The Bertz CT molecular complexity index is 781. The summed E-state index contributed by atoms with van der Waals surface area (Å²) in [5.74, 6) is 5.50. The van der Waals surface area contributed by atoms with Gasteiger partial charge in [0.05, 0.1) is 19.9 Å². The maximum absolute atomic E-state index is 6.01. The molecule has 7 rings (SSSR count). The highest BCUT2D eigenvalue weighted by atomic mass is 16.6. The van der Waals surface area contributed by atoms with Crippen molar-refractivity contribution in [1.29, 1.82) is 0 Å². The van der Waals surface area contributed by atoms with Crippen LogP contribution in [0.25, 0.3) is 0 Å². The number of rotatable bonds is 5. The molecule has 6 aliphatic rings. The van der Waals surface area contributed by atoms with Gasteiger partial charge < -0.3 is 19.2 Å². The summed E-state index contributed by atoms with van der Waals surface area (Å²) in [4.78, 5) is 8.55. The first-order chi connectivity index (χ1) is 18.1. The molecule has 1 aliphatic heterocycles. The van der Waals surface area contributed by atoms with Gasteiger partial charge in [0.15, 0.2) is 11.5 Å². The summed E-state index contributed by atoms with van der Waals surface area (Å²) in [7, 11) is 5.53. The summed E-state index contributed by atoms with van der Waals surface area (Å²) in [6, 6.07) is 8.27. The van der Waals surface area contributed by atoms with Crippen molar-refractivity contribution in [2.24, 2.45) is 34.2 Å². The van der Waals surface area contributed by atoms with E-state index in [1.165, 1.54) is 70.0 Å². The molecule has 0 radical (unpaired) electrons. The van der Waals surface area contributed by atoms with Crippen LogP contribution in [-0.4, -0.2) is 51.1 Å². The standard InChI is InChI=1S/C20H32N2O.C8H10O2.2C2H6/c1-22-5-4-17-2-3-18(9-19(17)22)21-23-13-20-10-14-6-15(11-20)8-16(7-14)12-20;1-9-7-5-3-4-6-8(7)10-2;2*1-2/h14-17,19H,2-13H2,1H3;3-6H,1-2H3;2*1-2H3/b21-18+;;;/t14?,15?,16?,17?,19-,20?;;;/m0.../s1. The zero-order chi connectivity index (χ0) is 26.8. The fraction of sp³-hybridized carbons (Fsp3) is 0.781. The molecule has 0 spiro atoms. The number of fused-ring (bicyclic) bond motifs is 1. The lowest BCUT2D eigenvalue weighted by atomic mass is 9.50. The summed E-state index contributed by atoms with van der Waals surface area (Å²) in [6.45, 7) is 10.2. The molecule has 5 saturated carbocycles. The molecular weight excluding hydrogens is 460 g/mol. The van der Waals surface area contributed by atoms with E-state index in [1.807, 2.05) is 52.0 Å². The lowest BCUT2D eigenvalue weighted by molar-refractivity contribution is -0.0961. The largest absolute Gasteiger partial charge is 0.493 e. The van der Waals surface area contributed by atoms with Gasteiger partial charge in [0.1, 0.15) is 6.61 Å². The average Bonchev–Trinajstić information content (AvgIpc) is 3.30. The Kier molecular flexibility index (Phi) is 11.6. The summed E-state index contributed by atoms with van der Waals surface area (Å²) < 4.78 is 10.0. The highest BCUT2D eigenvalue weighted by Crippen LogP contribution is 2.60. The molecule has 4 bridgehead atoms. The van der Waals surface area contributed by atoms with Gasteiger partial charge in [-0.15, -0.1) is 0 Å². The molecule has 6 fully saturated rings. The van der Waals surface area contributed by atoms with Crippen molar-refractivity contribution < 1.29 is 14.3 Å². The zero-order valence-corrected chi connectivity index (χ0v) is 24.8. The molecule has 1 aromatic carbocycles. The Labute approximate surface area is 227 Å². The minimum Gasteiger partial charge on any atom is -0.493 e. The Balaban J connectivity index is 0.000000230. The van der Waals surface area contributed by atoms with Crippen molar-refractivity contribution in [2.75, 3.05) is 34.4 Å². The summed E-state index contributed by atoms with van der Waals surface area (Å²) in [5, 5.41) is 4.64. The Morgan fingerprint density at radius 3 is 1.92 bits per heavy atom. The van der Waals surface area contributed by atoms with Crippen LogP contribution in [0.3, 0.4) is 0 Å². The molecule has 5 aliphatic carbocycles. The number of hydrogen-bond acceptors (Lipinski definition) is 5. The van der Waals surface area contributed by atoms with Crippen LogP contribution < -0.4 is 9.47 Å². The van der Waals surface area contributed by atoms with Crippen molar-refractivity contribution >= 4 is 5.71 Å². The van der Waals surface area contributed by atoms with E-state index < -0.39 is 0 Å². The minimum atomic E-state index is 0.500. The van der Waals surface area contributed by atoms with Gasteiger partial charge in [-0.2, -0.15) is 0 Å². The van der Waals surface area contributed by atoms with Gasteiger partial charge in [-0.3, -0.25) is 0 Å². The molecule has 5 heteroatoms. The van der Waals surface area contributed by atoms with Crippen LogP contribution in [0.15, 0.2) is 29.4 Å². The predicted octanol–water partition coefficient (Wildman–Crippen LogP) is 7.84. The molecule has 0 amide bonds. The van der Waals surface area contributed by atoms with Gasteiger partial charge in [-0.25, -0.2) is 0 Å².